The summed E-state index contributed by atoms with van der Waals surface area (Å²) in [5, 5.41) is 3.44. The molecule has 1 N–H and O–H groups in total. The number of ether oxygens (including phenoxy) is 1. The molecule has 0 fully saturated rings. The van der Waals surface area contributed by atoms with Crippen molar-refractivity contribution in [2.45, 2.75) is 33.4 Å². The Kier molecular flexibility index (Phi) is 5.56. The first-order chi connectivity index (χ1) is 9.83. The molecule has 0 aliphatic rings. The third kappa shape index (κ3) is 4.07. The molecule has 2 rings (SSSR count). The number of pyridine rings is 1. The molecule has 0 bridgehead atoms. The minimum atomic E-state index is 0.699. The molecule has 2 aromatic rings. The van der Waals surface area contributed by atoms with Crippen LogP contribution in [0, 0.1) is 0 Å². The molecule has 3 heteroatoms. The Morgan fingerprint density at radius 1 is 1.10 bits per heavy atom. The molecule has 0 atom stereocenters. The summed E-state index contributed by atoms with van der Waals surface area (Å²) >= 11 is 0. The van der Waals surface area contributed by atoms with Gasteiger partial charge in [-0.05, 0) is 42.7 Å². The summed E-state index contributed by atoms with van der Waals surface area (Å²) in [6.45, 7) is 6.47. The number of aryl methyl sites for hydroxylation is 1. The summed E-state index contributed by atoms with van der Waals surface area (Å²) in [4.78, 5) is 4.44. The van der Waals surface area contributed by atoms with E-state index in [2.05, 4.69) is 35.4 Å². The van der Waals surface area contributed by atoms with Crippen molar-refractivity contribution in [3.05, 3.63) is 59.4 Å². The fourth-order valence-corrected chi connectivity index (χ4v) is 2.19. The van der Waals surface area contributed by atoms with Crippen LogP contribution in [0.25, 0.3) is 0 Å². The molecule has 1 aromatic carbocycles. The molecule has 0 aliphatic carbocycles. The number of hydrogen-bond donors (Lipinski definition) is 1. The van der Waals surface area contributed by atoms with Crippen LogP contribution < -0.4 is 10.1 Å². The first kappa shape index (κ1) is 14.5. The molecule has 0 unspecified atom stereocenters. The van der Waals surface area contributed by atoms with Crippen LogP contribution in [0.1, 0.15) is 30.7 Å². The zero-order valence-corrected chi connectivity index (χ0v) is 12.2. The lowest BCUT2D eigenvalue weighted by molar-refractivity contribution is 0.340. The number of nitrogens with zero attached hydrogens (tertiary/aromatic N) is 1. The van der Waals surface area contributed by atoms with Crippen LogP contribution >= 0.6 is 0 Å². The monoisotopic (exact) mass is 270 g/mol. The Labute approximate surface area is 121 Å². The van der Waals surface area contributed by atoms with Crippen LogP contribution in [0.15, 0.2) is 42.6 Å². The first-order valence-electron chi connectivity index (χ1n) is 7.18. The lowest BCUT2D eigenvalue weighted by Gasteiger charge is -2.09. The second-order valence-corrected chi connectivity index (χ2v) is 4.65. The molecular formula is C17H22N2O. The van der Waals surface area contributed by atoms with Gasteiger partial charge in [0, 0.05) is 19.3 Å². The highest BCUT2D eigenvalue weighted by atomic mass is 16.5. The van der Waals surface area contributed by atoms with Gasteiger partial charge in [-0.15, -0.1) is 0 Å². The molecule has 3 nitrogen and oxygen atoms in total. The number of hydrogen-bond acceptors (Lipinski definition) is 3. The number of rotatable bonds is 7. The molecular weight excluding hydrogens is 248 g/mol. The van der Waals surface area contributed by atoms with Gasteiger partial charge < -0.3 is 10.1 Å². The van der Waals surface area contributed by atoms with Gasteiger partial charge in [-0.2, -0.15) is 0 Å². The Balaban J connectivity index is 1.91. The van der Waals surface area contributed by atoms with Crippen LogP contribution in [0.3, 0.4) is 0 Å². The van der Waals surface area contributed by atoms with Crippen molar-refractivity contribution in [2.24, 2.45) is 0 Å². The summed E-state index contributed by atoms with van der Waals surface area (Å²) in [6.07, 6.45) is 2.87. The smallest absolute Gasteiger partial charge is 0.119 e. The number of nitrogens with one attached hydrogen (secondary N) is 1. The fraction of sp³-hybridized carbons (Fsp3) is 0.353. The maximum absolute atomic E-state index is 5.51. The largest absolute Gasteiger partial charge is 0.494 e. The zero-order chi connectivity index (χ0) is 14.2. The standard InChI is InChI=1S/C17H22N2O/c1-3-15-8-6-10-19-17(15)13-18-12-14-7-5-9-16(11-14)20-4-2/h5-11,18H,3-4,12-13H2,1-2H3. The van der Waals surface area contributed by atoms with Gasteiger partial charge in [0.25, 0.3) is 0 Å². The second kappa shape index (κ2) is 7.65. The predicted octanol–water partition coefficient (Wildman–Crippen LogP) is 3.33. The highest BCUT2D eigenvalue weighted by Crippen LogP contribution is 2.13. The molecule has 0 spiro atoms. The van der Waals surface area contributed by atoms with E-state index in [0.29, 0.717) is 6.61 Å². The second-order valence-electron chi connectivity index (χ2n) is 4.65. The van der Waals surface area contributed by atoms with Gasteiger partial charge >= 0.3 is 0 Å². The van der Waals surface area contributed by atoms with Crippen molar-refractivity contribution in [3.63, 3.8) is 0 Å². The molecule has 0 saturated carbocycles. The van der Waals surface area contributed by atoms with Crippen LogP contribution in [0.5, 0.6) is 5.75 Å². The van der Waals surface area contributed by atoms with Crippen LogP contribution in [0.2, 0.25) is 0 Å². The van der Waals surface area contributed by atoms with Gasteiger partial charge in [0.05, 0.1) is 12.3 Å². The van der Waals surface area contributed by atoms with E-state index in [1.807, 2.05) is 31.3 Å². The molecule has 0 radical (unpaired) electrons. The molecule has 0 saturated heterocycles. The van der Waals surface area contributed by atoms with E-state index in [9.17, 15) is 0 Å². The molecule has 1 heterocycles. The van der Waals surface area contributed by atoms with Gasteiger partial charge in [0.1, 0.15) is 5.75 Å². The van der Waals surface area contributed by atoms with Crippen LogP contribution in [0.4, 0.5) is 0 Å². The Bertz CT molecular complexity index is 540. The molecule has 20 heavy (non-hydrogen) atoms. The third-order valence-electron chi connectivity index (χ3n) is 3.20. The van der Waals surface area contributed by atoms with E-state index < -0.39 is 0 Å². The molecule has 0 amide bonds. The Morgan fingerprint density at radius 3 is 2.80 bits per heavy atom. The van der Waals surface area contributed by atoms with Gasteiger partial charge in [0.2, 0.25) is 0 Å². The van der Waals surface area contributed by atoms with Crippen LogP contribution in [-0.2, 0) is 19.5 Å². The summed E-state index contributed by atoms with van der Waals surface area (Å²) < 4.78 is 5.51. The van der Waals surface area contributed by atoms with E-state index in [0.717, 1.165) is 31.0 Å². The molecule has 1 aromatic heterocycles. The van der Waals surface area contributed by atoms with Gasteiger partial charge in [-0.3, -0.25) is 4.98 Å². The first-order valence-corrected chi connectivity index (χ1v) is 7.18. The minimum absolute atomic E-state index is 0.699. The SMILES string of the molecule is CCOc1cccc(CNCc2ncccc2CC)c1. The topological polar surface area (TPSA) is 34.1 Å². The summed E-state index contributed by atoms with van der Waals surface area (Å²) in [7, 11) is 0. The summed E-state index contributed by atoms with van der Waals surface area (Å²) in [6, 6.07) is 12.3. The lowest BCUT2D eigenvalue weighted by atomic mass is 10.1. The lowest BCUT2D eigenvalue weighted by Crippen LogP contribution is -2.15. The summed E-state index contributed by atoms with van der Waals surface area (Å²) in [5.74, 6) is 0.930. The van der Waals surface area contributed by atoms with Crippen molar-refractivity contribution >= 4 is 0 Å². The van der Waals surface area contributed by atoms with Crippen molar-refractivity contribution in [1.29, 1.82) is 0 Å². The molecule has 0 aliphatic heterocycles. The maximum Gasteiger partial charge on any atom is 0.119 e. The number of benzene rings is 1. The predicted molar refractivity (Wildman–Crippen MR) is 81.8 cm³/mol. The van der Waals surface area contributed by atoms with Gasteiger partial charge in [-0.1, -0.05) is 25.1 Å². The van der Waals surface area contributed by atoms with E-state index in [1.54, 1.807) is 0 Å². The quantitative estimate of drug-likeness (QED) is 0.838. The van der Waals surface area contributed by atoms with Gasteiger partial charge in [-0.25, -0.2) is 0 Å². The Morgan fingerprint density at radius 2 is 2.00 bits per heavy atom. The molecule has 106 valence electrons. The van der Waals surface area contributed by atoms with Crippen molar-refractivity contribution in [3.8, 4) is 5.75 Å². The third-order valence-corrected chi connectivity index (χ3v) is 3.20. The summed E-state index contributed by atoms with van der Waals surface area (Å²) in [5.41, 5.74) is 3.67. The van der Waals surface area contributed by atoms with Crippen molar-refractivity contribution < 1.29 is 4.74 Å². The van der Waals surface area contributed by atoms with E-state index >= 15 is 0 Å². The van der Waals surface area contributed by atoms with E-state index in [4.69, 9.17) is 4.74 Å². The number of aromatic nitrogens is 1. The maximum atomic E-state index is 5.51. The zero-order valence-electron chi connectivity index (χ0n) is 12.2. The average molecular weight is 270 g/mol. The normalized spacial score (nSPS) is 10.5. The Hall–Kier alpha value is -1.87. The minimum Gasteiger partial charge on any atom is -0.494 e. The van der Waals surface area contributed by atoms with Crippen molar-refractivity contribution in [1.82, 2.24) is 10.3 Å². The van der Waals surface area contributed by atoms with E-state index in [-0.39, 0.29) is 0 Å². The highest BCUT2D eigenvalue weighted by Gasteiger charge is 2.01. The van der Waals surface area contributed by atoms with Crippen molar-refractivity contribution in [2.75, 3.05) is 6.61 Å². The average Bonchev–Trinajstić information content (AvgIpc) is 2.48. The van der Waals surface area contributed by atoms with Gasteiger partial charge in [0.15, 0.2) is 0 Å². The highest BCUT2D eigenvalue weighted by molar-refractivity contribution is 5.28. The van der Waals surface area contributed by atoms with Crippen LogP contribution in [-0.4, -0.2) is 11.6 Å². The fourth-order valence-electron chi connectivity index (χ4n) is 2.19. The van der Waals surface area contributed by atoms with E-state index in [1.165, 1.54) is 11.1 Å².